The Morgan fingerprint density at radius 1 is 0.643 bits per heavy atom. The Kier molecular flexibility index (Phi) is 27.6. The SMILES string of the molecule is CC/C=C\C/C=C\C/C=C\C/C=C\C/C=C\CC(=O)OC(/C=C\C/C=C\CC)/C=C\CCCCCC(=O)NCC(=O)O. The summed E-state index contributed by atoms with van der Waals surface area (Å²) < 4.78 is 5.66. The lowest BCUT2D eigenvalue weighted by atomic mass is 10.1. The Balaban J connectivity index is 4.37. The van der Waals surface area contributed by atoms with Crippen LogP contribution in [0.25, 0.3) is 0 Å². The minimum absolute atomic E-state index is 0.228. The third-order valence-electron chi connectivity index (χ3n) is 5.75. The zero-order valence-corrected chi connectivity index (χ0v) is 25.8. The van der Waals surface area contributed by atoms with Gasteiger partial charge >= 0.3 is 11.9 Å². The summed E-state index contributed by atoms with van der Waals surface area (Å²) in [4.78, 5) is 34.4. The van der Waals surface area contributed by atoms with E-state index in [1.807, 2.05) is 36.5 Å². The molecule has 42 heavy (non-hydrogen) atoms. The Morgan fingerprint density at radius 2 is 1.14 bits per heavy atom. The molecule has 0 aromatic heterocycles. The van der Waals surface area contributed by atoms with Gasteiger partial charge in [0.2, 0.25) is 5.91 Å². The van der Waals surface area contributed by atoms with Crippen LogP contribution >= 0.6 is 0 Å². The highest BCUT2D eigenvalue weighted by molar-refractivity contribution is 5.80. The van der Waals surface area contributed by atoms with Crippen molar-refractivity contribution in [2.24, 2.45) is 0 Å². The molecule has 0 fully saturated rings. The van der Waals surface area contributed by atoms with E-state index in [1.54, 1.807) is 0 Å². The molecule has 0 heterocycles. The van der Waals surface area contributed by atoms with Crippen molar-refractivity contribution in [2.45, 2.75) is 103 Å². The number of carbonyl (C=O) groups is 3. The van der Waals surface area contributed by atoms with Crippen LogP contribution in [0.3, 0.4) is 0 Å². The number of rotatable bonds is 25. The van der Waals surface area contributed by atoms with Crippen molar-refractivity contribution in [1.29, 1.82) is 0 Å². The summed E-state index contributed by atoms with van der Waals surface area (Å²) >= 11 is 0. The number of amides is 1. The molecule has 1 amide bonds. The van der Waals surface area contributed by atoms with Crippen LogP contribution in [0.15, 0.2) is 97.2 Å². The predicted molar refractivity (Wildman–Crippen MR) is 175 cm³/mol. The van der Waals surface area contributed by atoms with Crippen molar-refractivity contribution in [3.05, 3.63) is 97.2 Å². The summed E-state index contributed by atoms with van der Waals surface area (Å²) in [6.07, 6.45) is 43.0. The van der Waals surface area contributed by atoms with Crippen molar-refractivity contribution >= 4 is 17.8 Å². The lowest BCUT2D eigenvalue weighted by molar-refractivity contribution is -0.144. The summed E-state index contributed by atoms with van der Waals surface area (Å²) in [6, 6.07) is 0. The third kappa shape index (κ3) is 29.3. The molecule has 0 aromatic carbocycles. The number of carboxylic acids is 1. The first-order valence-corrected chi connectivity index (χ1v) is 15.4. The second kappa shape index (κ2) is 30.3. The predicted octanol–water partition coefficient (Wildman–Crippen LogP) is 8.66. The van der Waals surface area contributed by atoms with Gasteiger partial charge in [-0.2, -0.15) is 0 Å². The van der Waals surface area contributed by atoms with Crippen molar-refractivity contribution in [3.63, 3.8) is 0 Å². The molecule has 0 radical (unpaired) electrons. The van der Waals surface area contributed by atoms with Gasteiger partial charge in [0.1, 0.15) is 12.6 Å². The normalized spacial score (nSPS) is 13.4. The van der Waals surface area contributed by atoms with Crippen LogP contribution in [0.2, 0.25) is 0 Å². The van der Waals surface area contributed by atoms with Gasteiger partial charge in [-0.15, -0.1) is 0 Å². The number of hydrogen-bond acceptors (Lipinski definition) is 4. The number of esters is 1. The van der Waals surface area contributed by atoms with E-state index in [9.17, 15) is 14.4 Å². The smallest absolute Gasteiger partial charge is 0.322 e. The molecule has 0 aliphatic heterocycles. The van der Waals surface area contributed by atoms with Crippen LogP contribution in [-0.4, -0.2) is 35.6 Å². The highest BCUT2D eigenvalue weighted by Crippen LogP contribution is 2.07. The molecule has 1 unspecified atom stereocenters. The first-order valence-electron chi connectivity index (χ1n) is 15.4. The minimum Gasteiger partial charge on any atom is -0.480 e. The average Bonchev–Trinajstić information content (AvgIpc) is 2.97. The van der Waals surface area contributed by atoms with Crippen LogP contribution < -0.4 is 5.32 Å². The van der Waals surface area contributed by atoms with Gasteiger partial charge in [0.15, 0.2) is 0 Å². The number of aliphatic carboxylic acids is 1. The largest absolute Gasteiger partial charge is 0.480 e. The van der Waals surface area contributed by atoms with Crippen molar-refractivity contribution in [3.8, 4) is 0 Å². The quantitative estimate of drug-likeness (QED) is 0.0641. The summed E-state index contributed by atoms with van der Waals surface area (Å²) in [5, 5.41) is 11.0. The maximum atomic E-state index is 12.4. The van der Waals surface area contributed by atoms with Crippen molar-refractivity contribution in [1.82, 2.24) is 5.32 Å². The van der Waals surface area contributed by atoms with Crippen LogP contribution in [0.4, 0.5) is 0 Å². The van der Waals surface area contributed by atoms with Gasteiger partial charge in [-0.25, -0.2) is 0 Å². The zero-order chi connectivity index (χ0) is 30.9. The first kappa shape index (κ1) is 38.3. The fourth-order valence-corrected chi connectivity index (χ4v) is 3.54. The van der Waals surface area contributed by atoms with E-state index in [0.717, 1.165) is 64.2 Å². The molecule has 0 rings (SSSR count). The zero-order valence-electron chi connectivity index (χ0n) is 25.8. The molecule has 0 aromatic rings. The lowest BCUT2D eigenvalue weighted by Gasteiger charge is -2.10. The number of carboxylic acid groups (broad SMARTS) is 1. The second-order valence-corrected chi connectivity index (χ2v) is 9.61. The Morgan fingerprint density at radius 3 is 1.69 bits per heavy atom. The molecule has 232 valence electrons. The second-order valence-electron chi connectivity index (χ2n) is 9.61. The maximum absolute atomic E-state index is 12.4. The molecule has 0 spiro atoms. The average molecular weight is 580 g/mol. The highest BCUT2D eigenvalue weighted by atomic mass is 16.5. The minimum atomic E-state index is -1.04. The Bertz CT molecular complexity index is 950. The molecular weight excluding hydrogens is 526 g/mol. The van der Waals surface area contributed by atoms with Gasteiger partial charge in [-0.1, -0.05) is 105 Å². The molecule has 2 N–H and O–H groups in total. The number of hydrogen-bond donors (Lipinski definition) is 2. The van der Waals surface area contributed by atoms with Crippen LogP contribution in [0, 0.1) is 0 Å². The Hall–Kier alpha value is -3.67. The molecule has 0 saturated carbocycles. The Labute approximate surface area is 254 Å². The van der Waals surface area contributed by atoms with Crippen molar-refractivity contribution < 1.29 is 24.2 Å². The maximum Gasteiger partial charge on any atom is 0.322 e. The van der Waals surface area contributed by atoms with Crippen LogP contribution in [-0.2, 0) is 19.1 Å². The van der Waals surface area contributed by atoms with Gasteiger partial charge in [0.25, 0.3) is 0 Å². The van der Waals surface area contributed by atoms with E-state index < -0.39 is 12.1 Å². The lowest BCUT2D eigenvalue weighted by Crippen LogP contribution is -2.28. The van der Waals surface area contributed by atoms with Gasteiger partial charge in [0, 0.05) is 6.42 Å². The van der Waals surface area contributed by atoms with Crippen LogP contribution in [0.5, 0.6) is 0 Å². The van der Waals surface area contributed by atoms with E-state index in [1.165, 1.54) is 0 Å². The van der Waals surface area contributed by atoms with E-state index in [0.29, 0.717) is 12.8 Å². The molecular formula is C36H53NO5. The van der Waals surface area contributed by atoms with Gasteiger partial charge < -0.3 is 15.2 Å². The van der Waals surface area contributed by atoms with Gasteiger partial charge in [-0.05, 0) is 76.4 Å². The number of carbonyl (C=O) groups excluding carboxylic acids is 2. The molecule has 1 atom stereocenters. The van der Waals surface area contributed by atoms with Gasteiger partial charge in [0.05, 0.1) is 6.42 Å². The fourth-order valence-electron chi connectivity index (χ4n) is 3.54. The molecule has 0 saturated heterocycles. The van der Waals surface area contributed by atoms with E-state index in [4.69, 9.17) is 9.84 Å². The number of nitrogens with one attached hydrogen (secondary N) is 1. The van der Waals surface area contributed by atoms with E-state index in [-0.39, 0.29) is 24.8 Å². The topological polar surface area (TPSA) is 92.7 Å². The number of allylic oxidation sites excluding steroid dienone is 13. The molecule has 0 aliphatic carbocycles. The van der Waals surface area contributed by atoms with Crippen LogP contribution in [0.1, 0.15) is 97.3 Å². The summed E-state index contributed by atoms with van der Waals surface area (Å²) in [5.41, 5.74) is 0. The van der Waals surface area contributed by atoms with E-state index >= 15 is 0 Å². The van der Waals surface area contributed by atoms with Gasteiger partial charge in [-0.3, -0.25) is 14.4 Å². The summed E-state index contributed by atoms with van der Waals surface area (Å²) in [6.45, 7) is 3.88. The van der Waals surface area contributed by atoms with Crippen molar-refractivity contribution in [2.75, 3.05) is 6.54 Å². The number of unbranched alkanes of at least 4 members (excludes halogenated alkanes) is 3. The fraction of sp³-hybridized carbons (Fsp3) is 0.472. The highest BCUT2D eigenvalue weighted by Gasteiger charge is 2.07. The molecule has 6 heteroatoms. The molecule has 0 aliphatic rings. The summed E-state index contributed by atoms with van der Waals surface area (Å²) in [5.74, 6) is -1.56. The summed E-state index contributed by atoms with van der Waals surface area (Å²) in [7, 11) is 0. The number of ether oxygens (including phenoxy) is 1. The first-order chi connectivity index (χ1) is 20.5. The van der Waals surface area contributed by atoms with E-state index in [2.05, 4.69) is 79.9 Å². The third-order valence-corrected chi connectivity index (χ3v) is 5.75. The monoisotopic (exact) mass is 579 g/mol. The molecule has 6 nitrogen and oxygen atoms in total. The standard InChI is InChI=1S/C36H53NO5/c1-3-5-7-9-10-11-12-13-14-15-16-17-18-23-27-31-36(41)42-33(28-24-20-8-6-4-2)29-25-21-19-22-26-30-34(38)37-32-35(39)40/h5-8,10-11,13-14,16-17,23-25,27-29,33H,3-4,9,12,15,18-22,26,30-32H2,1-2H3,(H,37,38)(H,39,40)/b7-5-,8-6-,11-10-,14-13-,17-16-,27-23-,28-24-,29-25-. The molecule has 0 bridgehead atoms.